The van der Waals surface area contributed by atoms with E-state index in [0.717, 1.165) is 28.4 Å². The number of methoxy groups -OCH3 is 1. The summed E-state index contributed by atoms with van der Waals surface area (Å²) in [7, 11) is 1.66. The number of benzene rings is 1. The van der Waals surface area contributed by atoms with Crippen LogP contribution in [0.25, 0.3) is 11.3 Å². The first-order valence-corrected chi connectivity index (χ1v) is 6.48. The van der Waals surface area contributed by atoms with Gasteiger partial charge in [0.2, 0.25) is 0 Å². The van der Waals surface area contributed by atoms with Gasteiger partial charge in [-0.25, -0.2) is 10.9 Å². The van der Waals surface area contributed by atoms with Gasteiger partial charge >= 0.3 is 0 Å². The van der Waals surface area contributed by atoms with E-state index in [2.05, 4.69) is 16.7 Å². The van der Waals surface area contributed by atoms with Crippen molar-refractivity contribution in [2.24, 2.45) is 5.90 Å². The maximum absolute atomic E-state index is 5.15. The maximum Gasteiger partial charge on any atom is 0.118 e. The first-order valence-electron chi connectivity index (χ1n) is 5.67. The molecule has 4 nitrogen and oxygen atoms in total. The van der Waals surface area contributed by atoms with Crippen molar-refractivity contribution in [3.63, 3.8) is 0 Å². The van der Waals surface area contributed by atoms with E-state index in [4.69, 9.17) is 10.6 Å². The molecule has 1 aromatic heterocycles. The third kappa shape index (κ3) is 2.87. The van der Waals surface area contributed by atoms with Gasteiger partial charge in [0.25, 0.3) is 0 Å². The molecule has 0 saturated carbocycles. The molecule has 0 aliphatic carbocycles. The molecular weight excluding hydrogens is 248 g/mol. The molecule has 0 spiro atoms. The van der Waals surface area contributed by atoms with E-state index in [0.29, 0.717) is 6.61 Å². The van der Waals surface area contributed by atoms with Crippen LogP contribution in [0.2, 0.25) is 0 Å². The van der Waals surface area contributed by atoms with Gasteiger partial charge in [-0.3, -0.25) is 0 Å². The fraction of sp³-hybridized carbons (Fsp3) is 0.308. The van der Waals surface area contributed by atoms with Gasteiger partial charge in [0, 0.05) is 16.9 Å². The summed E-state index contributed by atoms with van der Waals surface area (Å²) < 4.78 is 5.15. The van der Waals surface area contributed by atoms with Crippen molar-refractivity contribution in [1.29, 1.82) is 0 Å². The van der Waals surface area contributed by atoms with Crippen LogP contribution in [0.5, 0.6) is 5.75 Å². The molecule has 2 N–H and O–H groups in total. The van der Waals surface area contributed by atoms with Crippen molar-refractivity contribution in [2.45, 2.75) is 13.3 Å². The van der Waals surface area contributed by atoms with Crippen LogP contribution in [0.3, 0.4) is 0 Å². The number of nitrogens with two attached hydrogens (primary N) is 1. The minimum atomic E-state index is 0.495. The Bertz CT molecular complexity index is 508. The summed E-state index contributed by atoms with van der Waals surface area (Å²) in [5.41, 5.74) is 2.12. The average Bonchev–Trinajstić information content (AvgIpc) is 2.78. The first kappa shape index (κ1) is 13.0. The highest BCUT2D eigenvalue weighted by molar-refractivity contribution is 7.12. The van der Waals surface area contributed by atoms with Crippen LogP contribution in [0.1, 0.15) is 9.88 Å². The second kappa shape index (κ2) is 5.95. The van der Waals surface area contributed by atoms with Gasteiger partial charge in [-0.1, -0.05) is 0 Å². The van der Waals surface area contributed by atoms with Gasteiger partial charge in [0.05, 0.1) is 24.4 Å². The van der Waals surface area contributed by atoms with E-state index in [1.165, 1.54) is 4.88 Å². The summed E-state index contributed by atoms with van der Waals surface area (Å²) in [6.45, 7) is 2.57. The highest BCUT2D eigenvalue weighted by Gasteiger charge is 2.09. The molecule has 0 unspecified atom stereocenters. The molecule has 0 atom stereocenters. The topological polar surface area (TPSA) is 57.4 Å². The van der Waals surface area contributed by atoms with Gasteiger partial charge in [-0.05, 0) is 31.2 Å². The predicted molar refractivity (Wildman–Crippen MR) is 72.7 cm³/mol. The van der Waals surface area contributed by atoms with Gasteiger partial charge in [-0.15, -0.1) is 11.3 Å². The van der Waals surface area contributed by atoms with Crippen LogP contribution >= 0.6 is 11.3 Å². The summed E-state index contributed by atoms with van der Waals surface area (Å²) in [5.74, 6) is 5.88. The third-order valence-corrected chi connectivity index (χ3v) is 3.67. The zero-order chi connectivity index (χ0) is 13.0. The lowest BCUT2D eigenvalue weighted by atomic mass is 10.1. The fourth-order valence-electron chi connectivity index (χ4n) is 1.72. The molecule has 0 saturated heterocycles. The molecule has 96 valence electrons. The van der Waals surface area contributed by atoms with E-state index < -0.39 is 0 Å². The summed E-state index contributed by atoms with van der Waals surface area (Å²) in [5, 5.41) is 1.05. The Morgan fingerprint density at radius 2 is 2.00 bits per heavy atom. The summed E-state index contributed by atoms with van der Waals surface area (Å²) >= 11 is 1.68. The highest BCUT2D eigenvalue weighted by Crippen LogP contribution is 2.28. The van der Waals surface area contributed by atoms with Crippen LogP contribution in [-0.2, 0) is 11.3 Å². The van der Waals surface area contributed by atoms with E-state index >= 15 is 0 Å². The number of nitrogens with zero attached hydrogens (tertiary/aromatic N) is 1. The van der Waals surface area contributed by atoms with Gasteiger partial charge in [0.1, 0.15) is 5.75 Å². The Kier molecular flexibility index (Phi) is 4.30. The van der Waals surface area contributed by atoms with Crippen LogP contribution in [-0.4, -0.2) is 18.7 Å². The Morgan fingerprint density at radius 3 is 2.61 bits per heavy atom. The first-order chi connectivity index (χ1) is 8.74. The molecule has 0 aliphatic heterocycles. The fourth-order valence-corrected chi connectivity index (χ4v) is 2.66. The summed E-state index contributed by atoms with van der Waals surface area (Å²) in [4.78, 5) is 10.4. The number of aromatic nitrogens is 1. The van der Waals surface area contributed by atoms with Crippen LogP contribution in [0.15, 0.2) is 24.3 Å². The van der Waals surface area contributed by atoms with Gasteiger partial charge in [0.15, 0.2) is 0 Å². The molecule has 0 radical (unpaired) electrons. The highest BCUT2D eigenvalue weighted by atomic mass is 32.1. The van der Waals surface area contributed by atoms with E-state index in [1.54, 1.807) is 18.4 Å². The minimum absolute atomic E-state index is 0.495. The predicted octanol–water partition coefficient (Wildman–Crippen LogP) is 2.56. The van der Waals surface area contributed by atoms with E-state index in [1.807, 2.05) is 24.3 Å². The Balaban J connectivity index is 2.23. The molecule has 0 fully saturated rings. The van der Waals surface area contributed by atoms with Crippen molar-refractivity contribution >= 4 is 11.3 Å². The molecule has 0 aliphatic rings. The number of hydrogen-bond acceptors (Lipinski definition) is 5. The zero-order valence-corrected chi connectivity index (χ0v) is 11.3. The minimum Gasteiger partial charge on any atom is -0.497 e. The van der Waals surface area contributed by atoms with E-state index in [-0.39, 0.29) is 0 Å². The molecule has 1 heterocycles. The normalized spacial score (nSPS) is 10.6. The number of ether oxygens (including phenoxy) is 1. The third-order valence-electron chi connectivity index (χ3n) is 2.64. The molecular formula is C13H16N2O2S. The second-order valence-corrected chi connectivity index (χ2v) is 5.15. The molecule has 2 aromatic rings. The Hall–Kier alpha value is -1.43. The molecule has 5 heteroatoms. The van der Waals surface area contributed by atoms with Gasteiger partial charge < -0.3 is 9.57 Å². The SMILES string of the molecule is COc1ccc(-c2nc(CCON)sc2C)cc1. The number of rotatable bonds is 5. The Morgan fingerprint density at radius 1 is 1.28 bits per heavy atom. The Labute approximate surface area is 110 Å². The smallest absolute Gasteiger partial charge is 0.118 e. The lowest BCUT2D eigenvalue weighted by Crippen LogP contribution is -2.03. The average molecular weight is 264 g/mol. The molecule has 2 rings (SSSR count). The van der Waals surface area contributed by atoms with Crippen LogP contribution in [0, 0.1) is 6.92 Å². The molecule has 1 aromatic carbocycles. The number of aryl methyl sites for hydroxylation is 1. The summed E-state index contributed by atoms with van der Waals surface area (Å²) in [6.07, 6.45) is 0.748. The van der Waals surface area contributed by atoms with Crippen LogP contribution in [0.4, 0.5) is 0 Å². The van der Waals surface area contributed by atoms with Gasteiger partial charge in [-0.2, -0.15) is 0 Å². The maximum atomic E-state index is 5.15. The standard InChI is InChI=1S/C13H16N2O2S/c1-9-13(15-12(18-9)7-8-17-14)10-3-5-11(16-2)6-4-10/h3-6H,7-8,14H2,1-2H3. The second-order valence-electron chi connectivity index (χ2n) is 3.86. The van der Waals surface area contributed by atoms with Crippen molar-refractivity contribution in [3.05, 3.63) is 34.2 Å². The van der Waals surface area contributed by atoms with Crippen LogP contribution < -0.4 is 10.6 Å². The number of hydrogen-bond donors (Lipinski definition) is 1. The lowest BCUT2D eigenvalue weighted by molar-refractivity contribution is 0.141. The van der Waals surface area contributed by atoms with E-state index in [9.17, 15) is 0 Å². The quantitative estimate of drug-likeness (QED) is 0.843. The van der Waals surface area contributed by atoms with Crippen molar-refractivity contribution in [1.82, 2.24) is 4.98 Å². The molecule has 0 bridgehead atoms. The lowest BCUT2D eigenvalue weighted by Gasteiger charge is -2.01. The largest absolute Gasteiger partial charge is 0.497 e. The summed E-state index contributed by atoms with van der Waals surface area (Å²) in [6, 6.07) is 7.92. The van der Waals surface area contributed by atoms with Crippen molar-refractivity contribution in [2.75, 3.05) is 13.7 Å². The molecule has 0 amide bonds. The van der Waals surface area contributed by atoms with Crippen molar-refractivity contribution in [3.8, 4) is 17.0 Å². The molecule has 18 heavy (non-hydrogen) atoms. The number of thiazole rings is 1. The van der Waals surface area contributed by atoms with Crippen molar-refractivity contribution < 1.29 is 9.57 Å². The monoisotopic (exact) mass is 264 g/mol. The zero-order valence-electron chi connectivity index (χ0n) is 10.5.